The van der Waals surface area contributed by atoms with Crippen LogP contribution in [0, 0.1) is 6.92 Å². The Hall–Kier alpha value is -2.60. The molecule has 2 aromatic heterocycles. The largest absolute Gasteiger partial charge is 0.474 e. The smallest absolute Gasteiger partial charge is 0.258 e. The molecule has 1 aromatic carbocycles. The Morgan fingerprint density at radius 3 is 2.71 bits per heavy atom. The molecular weight excluding hydrogens is 328 g/mol. The summed E-state index contributed by atoms with van der Waals surface area (Å²) in [6.45, 7) is 5.75. The van der Waals surface area contributed by atoms with E-state index in [9.17, 15) is 0 Å². The van der Waals surface area contributed by atoms with Gasteiger partial charge in [-0.25, -0.2) is 4.98 Å². The Balaban J connectivity index is 1.92. The van der Waals surface area contributed by atoms with Gasteiger partial charge in [0.2, 0.25) is 11.7 Å². The molecule has 24 heavy (non-hydrogen) atoms. The first kappa shape index (κ1) is 16.3. The number of aromatic nitrogens is 3. The van der Waals surface area contributed by atoms with E-state index in [0.717, 1.165) is 11.1 Å². The zero-order chi connectivity index (χ0) is 17.3. The maximum Gasteiger partial charge on any atom is 0.258 e. The number of ether oxygens (including phenoxy) is 1. The van der Waals surface area contributed by atoms with Crippen molar-refractivity contribution in [3.8, 4) is 28.7 Å². The van der Waals surface area contributed by atoms with Crippen LogP contribution < -0.4 is 10.5 Å². The lowest BCUT2D eigenvalue weighted by atomic mass is 10.1. The van der Waals surface area contributed by atoms with Crippen molar-refractivity contribution in [3.05, 3.63) is 41.0 Å². The maximum atomic E-state index is 6.20. The van der Waals surface area contributed by atoms with E-state index in [-0.39, 0.29) is 6.10 Å². The highest BCUT2D eigenvalue weighted by molar-refractivity contribution is 6.32. The van der Waals surface area contributed by atoms with Crippen LogP contribution in [0.3, 0.4) is 0 Å². The molecule has 0 atom stereocenters. The molecule has 7 heteroatoms. The second-order valence-corrected chi connectivity index (χ2v) is 6.08. The highest BCUT2D eigenvalue weighted by Gasteiger charge is 2.15. The van der Waals surface area contributed by atoms with Crippen molar-refractivity contribution in [1.82, 2.24) is 15.1 Å². The number of benzene rings is 1. The van der Waals surface area contributed by atoms with E-state index in [1.165, 1.54) is 0 Å². The molecule has 2 N–H and O–H groups in total. The Labute approximate surface area is 144 Å². The molecule has 6 nitrogen and oxygen atoms in total. The number of hydrogen-bond donors (Lipinski definition) is 1. The fourth-order valence-electron chi connectivity index (χ4n) is 2.23. The standard InChI is InChI=1S/C17H17ClN4O2/c1-9(2)23-17-14(18)7-11(8-20-17)15-21-16(24-22-15)13-5-4-12(19)6-10(13)3/h4-9H,19H2,1-3H3. The predicted octanol–water partition coefficient (Wildman–Crippen LogP) is 4.13. The molecule has 0 amide bonds. The molecule has 0 aliphatic rings. The molecule has 0 radical (unpaired) electrons. The van der Waals surface area contributed by atoms with Gasteiger partial charge >= 0.3 is 0 Å². The van der Waals surface area contributed by atoms with Gasteiger partial charge in [0, 0.05) is 23.0 Å². The third-order valence-corrected chi connectivity index (χ3v) is 3.59. The molecule has 0 aliphatic carbocycles. The molecule has 3 aromatic rings. The zero-order valence-electron chi connectivity index (χ0n) is 13.6. The number of anilines is 1. The molecular formula is C17H17ClN4O2. The lowest BCUT2D eigenvalue weighted by Gasteiger charge is -2.09. The van der Waals surface area contributed by atoms with E-state index in [2.05, 4.69) is 15.1 Å². The Morgan fingerprint density at radius 2 is 2.04 bits per heavy atom. The molecule has 0 bridgehead atoms. The van der Waals surface area contributed by atoms with Crippen LogP contribution in [0.2, 0.25) is 5.02 Å². The number of nitrogens with zero attached hydrogens (tertiary/aromatic N) is 3. The van der Waals surface area contributed by atoms with Gasteiger partial charge in [-0.2, -0.15) is 4.98 Å². The van der Waals surface area contributed by atoms with Gasteiger partial charge in [0.15, 0.2) is 0 Å². The minimum Gasteiger partial charge on any atom is -0.474 e. The van der Waals surface area contributed by atoms with Gasteiger partial charge in [-0.3, -0.25) is 0 Å². The first-order valence-corrected chi connectivity index (χ1v) is 7.84. The summed E-state index contributed by atoms with van der Waals surface area (Å²) in [5.41, 5.74) is 8.90. The topological polar surface area (TPSA) is 87.1 Å². The Bertz CT molecular complexity index is 877. The normalized spacial score (nSPS) is 11.0. The third kappa shape index (κ3) is 3.33. The molecule has 0 aliphatic heterocycles. The lowest BCUT2D eigenvalue weighted by Crippen LogP contribution is -2.07. The molecule has 0 fully saturated rings. The highest BCUT2D eigenvalue weighted by atomic mass is 35.5. The number of aryl methyl sites for hydroxylation is 1. The van der Waals surface area contributed by atoms with Crippen LogP contribution in [-0.2, 0) is 0 Å². The van der Waals surface area contributed by atoms with E-state index < -0.39 is 0 Å². The van der Waals surface area contributed by atoms with Gasteiger partial charge in [0.1, 0.15) is 5.02 Å². The van der Waals surface area contributed by atoms with Crippen molar-refractivity contribution >= 4 is 17.3 Å². The number of rotatable bonds is 4. The molecule has 124 valence electrons. The second-order valence-electron chi connectivity index (χ2n) is 5.68. The minimum absolute atomic E-state index is 0.00822. The average molecular weight is 345 g/mol. The first-order valence-electron chi connectivity index (χ1n) is 7.47. The number of hydrogen-bond acceptors (Lipinski definition) is 6. The zero-order valence-corrected chi connectivity index (χ0v) is 14.3. The number of halogens is 1. The second kappa shape index (κ2) is 6.49. The van der Waals surface area contributed by atoms with Gasteiger partial charge in [0.05, 0.1) is 6.10 Å². The van der Waals surface area contributed by atoms with Crippen LogP contribution in [0.1, 0.15) is 19.4 Å². The van der Waals surface area contributed by atoms with Crippen LogP contribution in [0.15, 0.2) is 35.0 Å². The summed E-state index contributed by atoms with van der Waals surface area (Å²) >= 11 is 6.20. The Morgan fingerprint density at radius 1 is 1.25 bits per heavy atom. The summed E-state index contributed by atoms with van der Waals surface area (Å²) in [5.74, 6) is 1.21. The van der Waals surface area contributed by atoms with Gasteiger partial charge in [-0.05, 0) is 50.6 Å². The summed E-state index contributed by atoms with van der Waals surface area (Å²) < 4.78 is 10.9. The van der Waals surface area contributed by atoms with Crippen LogP contribution in [0.4, 0.5) is 5.69 Å². The van der Waals surface area contributed by atoms with E-state index in [1.54, 1.807) is 18.3 Å². The third-order valence-electron chi connectivity index (χ3n) is 3.32. The number of nitrogen functional groups attached to an aromatic ring is 1. The van der Waals surface area contributed by atoms with Crippen molar-refractivity contribution in [2.45, 2.75) is 26.9 Å². The predicted molar refractivity (Wildman–Crippen MR) is 92.9 cm³/mol. The van der Waals surface area contributed by atoms with E-state index in [0.29, 0.717) is 33.9 Å². The molecule has 0 saturated carbocycles. The maximum absolute atomic E-state index is 6.20. The van der Waals surface area contributed by atoms with Crippen LogP contribution in [0.25, 0.3) is 22.8 Å². The summed E-state index contributed by atoms with van der Waals surface area (Å²) in [6, 6.07) is 7.21. The van der Waals surface area contributed by atoms with E-state index in [1.807, 2.05) is 32.9 Å². The molecule has 0 spiro atoms. The first-order chi connectivity index (χ1) is 11.4. The van der Waals surface area contributed by atoms with Crippen LogP contribution in [0.5, 0.6) is 5.88 Å². The summed E-state index contributed by atoms with van der Waals surface area (Å²) in [6.07, 6.45) is 1.60. The van der Waals surface area contributed by atoms with Gasteiger partial charge < -0.3 is 15.0 Å². The summed E-state index contributed by atoms with van der Waals surface area (Å²) in [7, 11) is 0. The van der Waals surface area contributed by atoms with Crippen molar-refractivity contribution in [2.75, 3.05) is 5.73 Å². The van der Waals surface area contributed by atoms with Crippen LogP contribution in [-0.4, -0.2) is 21.2 Å². The highest BCUT2D eigenvalue weighted by Crippen LogP contribution is 2.29. The van der Waals surface area contributed by atoms with Crippen molar-refractivity contribution in [1.29, 1.82) is 0 Å². The fourth-order valence-corrected chi connectivity index (χ4v) is 2.45. The van der Waals surface area contributed by atoms with Gasteiger partial charge in [0.25, 0.3) is 5.89 Å². The number of nitrogens with two attached hydrogens (primary N) is 1. The van der Waals surface area contributed by atoms with Gasteiger partial charge in [-0.15, -0.1) is 0 Å². The molecule has 0 unspecified atom stereocenters. The minimum atomic E-state index is -0.00822. The van der Waals surface area contributed by atoms with Crippen molar-refractivity contribution in [2.24, 2.45) is 0 Å². The quantitative estimate of drug-likeness (QED) is 0.716. The fraction of sp³-hybridized carbons (Fsp3) is 0.235. The summed E-state index contributed by atoms with van der Waals surface area (Å²) in [5, 5.41) is 4.40. The SMILES string of the molecule is Cc1cc(N)ccc1-c1nc(-c2cnc(OC(C)C)c(Cl)c2)no1. The lowest BCUT2D eigenvalue weighted by molar-refractivity contribution is 0.233. The Kier molecular flexibility index (Phi) is 4.40. The monoisotopic (exact) mass is 344 g/mol. The average Bonchev–Trinajstić information content (AvgIpc) is 2.98. The number of pyridine rings is 1. The van der Waals surface area contributed by atoms with Crippen LogP contribution >= 0.6 is 11.6 Å². The van der Waals surface area contributed by atoms with E-state index in [4.69, 9.17) is 26.6 Å². The van der Waals surface area contributed by atoms with E-state index >= 15 is 0 Å². The summed E-state index contributed by atoms with van der Waals surface area (Å²) in [4.78, 5) is 8.63. The molecule has 2 heterocycles. The van der Waals surface area contributed by atoms with Crippen molar-refractivity contribution < 1.29 is 9.26 Å². The molecule has 0 saturated heterocycles. The van der Waals surface area contributed by atoms with Crippen molar-refractivity contribution in [3.63, 3.8) is 0 Å². The van der Waals surface area contributed by atoms with Gasteiger partial charge in [-0.1, -0.05) is 16.8 Å². The molecule has 3 rings (SSSR count).